The molecule has 2 heterocycles. The second kappa shape index (κ2) is 6.15. The van der Waals surface area contributed by atoms with E-state index in [-0.39, 0.29) is 11.3 Å². The van der Waals surface area contributed by atoms with Gasteiger partial charge in [0.2, 0.25) is 0 Å². The number of nitrogens with two attached hydrogens (primary N) is 3. The first-order chi connectivity index (χ1) is 9.49. The Morgan fingerprint density at radius 1 is 1.25 bits per heavy atom. The number of nitrogens with zero attached hydrogens (tertiary/aromatic N) is 2. The van der Waals surface area contributed by atoms with E-state index in [1.807, 2.05) is 26.0 Å². The normalized spacial score (nSPS) is 14.2. The quantitative estimate of drug-likeness (QED) is 0.571. The molecule has 0 spiro atoms. The molecule has 0 aliphatic heterocycles. The average molecular weight is 293 g/mol. The standard InChI is InChI=1S/C13H19N5OS/c1-3-8(14)12(9-5-4-7(2)19-9)20-13-17-10(15)6-11(16)18-13/h4-6,8,12H,3,14H2,1-2H3,(H4,15,16,17,18). The fourth-order valence-electron chi connectivity index (χ4n) is 1.81. The van der Waals surface area contributed by atoms with E-state index in [1.165, 1.54) is 17.8 Å². The van der Waals surface area contributed by atoms with Gasteiger partial charge in [-0.15, -0.1) is 0 Å². The molecule has 0 aromatic carbocycles. The van der Waals surface area contributed by atoms with Crippen LogP contribution in [0.2, 0.25) is 0 Å². The smallest absolute Gasteiger partial charge is 0.192 e. The number of thioether (sulfide) groups is 1. The van der Waals surface area contributed by atoms with Crippen LogP contribution in [0, 0.1) is 6.92 Å². The Morgan fingerprint density at radius 2 is 1.90 bits per heavy atom. The molecule has 108 valence electrons. The predicted molar refractivity (Wildman–Crippen MR) is 81.2 cm³/mol. The summed E-state index contributed by atoms with van der Waals surface area (Å²) in [6, 6.07) is 5.30. The molecule has 20 heavy (non-hydrogen) atoms. The maximum atomic E-state index is 6.18. The molecule has 2 rings (SSSR count). The molecule has 0 amide bonds. The molecule has 6 nitrogen and oxygen atoms in total. The summed E-state index contributed by atoms with van der Waals surface area (Å²) in [5.41, 5.74) is 17.6. The first kappa shape index (κ1) is 14.7. The van der Waals surface area contributed by atoms with Gasteiger partial charge >= 0.3 is 0 Å². The number of furan rings is 1. The van der Waals surface area contributed by atoms with Crippen LogP contribution in [0.4, 0.5) is 11.6 Å². The first-order valence-corrected chi connectivity index (χ1v) is 7.26. The fourth-order valence-corrected chi connectivity index (χ4v) is 2.96. The molecule has 0 fully saturated rings. The number of aryl methyl sites for hydroxylation is 1. The molecule has 6 N–H and O–H groups in total. The van der Waals surface area contributed by atoms with E-state index >= 15 is 0 Å². The molecule has 0 radical (unpaired) electrons. The lowest BCUT2D eigenvalue weighted by molar-refractivity contribution is 0.454. The number of hydrogen-bond donors (Lipinski definition) is 3. The predicted octanol–water partition coefficient (Wildman–Crippen LogP) is 2.11. The zero-order chi connectivity index (χ0) is 14.7. The van der Waals surface area contributed by atoms with E-state index < -0.39 is 0 Å². The molecule has 2 aromatic rings. The molecular formula is C13H19N5OS. The van der Waals surface area contributed by atoms with Crippen LogP contribution in [-0.4, -0.2) is 16.0 Å². The van der Waals surface area contributed by atoms with Crippen LogP contribution < -0.4 is 17.2 Å². The van der Waals surface area contributed by atoms with Crippen molar-refractivity contribution < 1.29 is 4.42 Å². The maximum absolute atomic E-state index is 6.18. The summed E-state index contributed by atoms with van der Waals surface area (Å²) in [6.45, 7) is 3.93. The number of anilines is 2. The van der Waals surface area contributed by atoms with Crippen molar-refractivity contribution in [1.82, 2.24) is 9.97 Å². The highest BCUT2D eigenvalue weighted by molar-refractivity contribution is 7.99. The van der Waals surface area contributed by atoms with E-state index in [2.05, 4.69) is 9.97 Å². The Labute approximate surface area is 122 Å². The Balaban J connectivity index is 2.28. The third-order valence-corrected chi connectivity index (χ3v) is 4.11. The molecule has 2 atom stereocenters. The molecule has 0 saturated carbocycles. The van der Waals surface area contributed by atoms with Gasteiger partial charge in [-0.1, -0.05) is 18.7 Å². The maximum Gasteiger partial charge on any atom is 0.192 e. The van der Waals surface area contributed by atoms with Gasteiger partial charge in [-0.25, -0.2) is 9.97 Å². The highest BCUT2D eigenvalue weighted by Gasteiger charge is 2.24. The summed E-state index contributed by atoms with van der Waals surface area (Å²) in [5.74, 6) is 2.35. The summed E-state index contributed by atoms with van der Waals surface area (Å²) in [7, 11) is 0. The zero-order valence-electron chi connectivity index (χ0n) is 11.5. The SMILES string of the molecule is CCC(N)C(Sc1nc(N)cc(N)n1)c1ccc(C)o1. The average Bonchev–Trinajstić information content (AvgIpc) is 2.80. The lowest BCUT2D eigenvalue weighted by Gasteiger charge is -2.19. The number of hydrogen-bond acceptors (Lipinski definition) is 7. The number of rotatable bonds is 5. The molecule has 2 aromatic heterocycles. The van der Waals surface area contributed by atoms with Crippen molar-refractivity contribution >= 4 is 23.4 Å². The van der Waals surface area contributed by atoms with Crippen LogP contribution >= 0.6 is 11.8 Å². The molecular weight excluding hydrogens is 274 g/mol. The number of nitrogen functional groups attached to an aromatic ring is 2. The van der Waals surface area contributed by atoms with Crippen molar-refractivity contribution in [1.29, 1.82) is 0 Å². The first-order valence-electron chi connectivity index (χ1n) is 6.38. The monoisotopic (exact) mass is 293 g/mol. The fraction of sp³-hybridized carbons (Fsp3) is 0.385. The van der Waals surface area contributed by atoms with Gasteiger partial charge in [0.05, 0.1) is 5.25 Å². The summed E-state index contributed by atoms with van der Waals surface area (Å²) in [4.78, 5) is 8.35. The van der Waals surface area contributed by atoms with Gasteiger partial charge in [0, 0.05) is 12.1 Å². The molecule has 0 bridgehead atoms. The minimum atomic E-state index is -0.0742. The molecule has 0 aliphatic rings. The summed E-state index contributed by atoms with van der Waals surface area (Å²) >= 11 is 1.42. The third-order valence-electron chi connectivity index (χ3n) is 2.88. The Hall–Kier alpha value is -1.73. The lowest BCUT2D eigenvalue weighted by Crippen LogP contribution is -2.25. The van der Waals surface area contributed by atoms with Crippen LogP contribution in [0.15, 0.2) is 27.8 Å². The highest BCUT2D eigenvalue weighted by atomic mass is 32.2. The third kappa shape index (κ3) is 3.43. The highest BCUT2D eigenvalue weighted by Crippen LogP contribution is 2.37. The second-order valence-electron chi connectivity index (χ2n) is 4.56. The van der Waals surface area contributed by atoms with E-state index in [4.69, 9.17) is 21.6 Å². The Kier molecular flexibility index (Phi) is 4.51. The van der Waals surface area contributed by atoms with E-state index in [9.17, 15) is 0 Å². The summed E-state index contributed by atoms with van der Waals surface area (Å²) < 4.78 is 5.68. The minimum Gasteiger partial charge on any atom is -0.465 e. The topological polar surface area (TPSA) is 117 Å². The van der Waals surface area contributed by atoms with Gasteiger partial charge in [0.1, 0.15) is 23.2 Å². The van der Waals surface area contributed by atoms with Crippen LogP contribution in [0.25, 0.3) is 0 Å². The van der Waals surface area contributed by atoms with Crippen LogP contribution in [0.3, 0.4) is 0 Å². The second-order valence-corrected chi connectivity index (χ2v) is 5.67. The Bertz CT molecular complexity index is 566. The van der Waals surface area contributed by atoms with E-state index in [1.54, 1.807) is 0 Å². The van der Waals surface area contributed by atoms with Crippen LogP contribution in [0.1, 0.15) is 30.1 Å². The van der Waals surface area contributed by atoms with Crippen molar-refractivity contribution in [3.05, 3.63) is 29.7 Å². The zero-order valence-corrected chi connectivity index (χ0v) is 12.4. The van der Waals surface area contributed by atoms with Gasteiger partial charge in [-0.3, -0.25) is 0 Å². The van der Waals surface area contributed by atoms with E-state index in [0.29, 0.717) is 16.8 Å². The van der Waals surface area contributed by atoms with Crippen molar-refractivity contribution in [2.75, 3.05) is 11.5 Å². The van der Waals surface area contributed by atoms with Crippen molar-refractivity contribution in [3.8, 4) is 0 Å². The van der Waals surface area contributed by atoms with Gasteiger partial charge in [0.25, 0.3) is 0 Å². The summed E-state index contributed by atoms with van der Waals surface area (Å²) in [5, 5.41) is 0.431. The van der Waals surface area contributed by atoms with Gasteiger partial charge in [-0.2, -0.15) is 0 Å². The largest absolute Gasteiger partial charge is 0.465 e. The van der Waals surface area contributed by atoms with Crippen LogP contribution in [-0.2, 0) is 0 Å². The Morgan fingerprint density at radius 3 is 2.40 bits per heavy atom. The van der Waals surface area contributed by atoms with Gasteiger partial charge in [-0.05, 0) is 25.5 Å². The summed E-state index contributed by atoms with van der Waals surface area (Å²) in [6.07, 6.45) is 0.815. The van der Waals surface area contributed by atoms with E-state index in [0.717, 1.165) is 17.9 Å². The van der Waals surface area contributed by atoms with Crippen LogP contribution in [0.5, 0.6) is 0 Å². The van der Waals surface area contributed by atoms with Crippen molar-refractivity contribution in [3.63, 3.8) is 0 Å². The molecule has 2 unspecified atom stereocenters. The molecule has 0 saturated heterocycles. The van der Waals surface area contributed by atoms with Crippen molar-refractivity contribution in [2.45, 2.75) is 36.7 Å². The van der Waals surface area contributed by atoms with Gasteiger partial charge in [0.15, 0.2) is 5.16 Å². The molecule has 0 aliphatic carbocycles. The van der Waals surface area contributed by atoms with Crippen molar-refractivity contribution in [2.24, 2.45) is 5.73 Å². The lowest BCUT2D eigenvalue weighted by atomic mass is 10.1. The number of aromatic nitrogens is 2. The molecule has 7 heteroatoms. The van der Waals surface area contributed by atoms with Gasteiger partial charge < -0.3 is 21.6 Å². The minimum absolute atomic E-state index is 0.0724.